The van der Waals surface area contributed by atoms with Gasteiger partial charge in [-0.25, -0.2) is 0 Å². The summed E-state index contributed by atoms with van der Waals surface area (Å²) in [7, 11) is 0. The second-order valence-corrected chi connectivity index (χ2v) is 3.03. The van der Waals surface area contributed by atoms with E-state index in [1.807, 2.05) is 12.2 Å². The van der Waals surface area contributed by atoms with Crippen LogP contribution in [-0.2, 0) is 0 Å². The standard InChI is InChI=1S/C9H11Cl/c1-7(2)8-5-3-4-6-9(8)10/h3-4,6H,5H2,1-2H3. The van der Waals surface area contributed by atoms with Crippen molar-refractivity contribution in [2.24, 2.45) is 0 Å². The van der Waals surface area contributed by atoms with E-state index >= 15 is 0 Å². The molecule has 1 aliphatic carbocycles. The van der Waals surface area contributed by atoms with Crippen molar-refractivity contribution >= 4 is 11.6 Å². The van der Waals surface area contributed by atoms with E-state index in [2.05, 4.69) is 19.9 Å². The van der Waals surface area contributed by atoms with Gasteiger partial charge in [-0.3, -0.25) is 0 Å². The number of allylic oxidation sites excluding steroid dienone is 6. The molecule has 54 valence electrons. The molecular weight excluding hydrogens is 144 g/mol. The van der Waals surface area contributed by atoms with Crippen LogP contribution >= 0.6 is 11.6 Å². The minimum absolute atomic E-state index is 0.891. The van der Waals surface area contributed by atoms with E-state index in [-0.39, 0.29) is 0 Å². The lowest BCUT2D eigenvalue weighted by molar-refractivity contribution is 1.16. The van der Waals surface area contributed by atoms with E-state index in [0.29, 0.717) is 0 Å². The first-order valence-electron chi connectivity index (χ1n) is 3.41. The maximum Gasteiger partial charge on any atom is 0.0440 e. The molecular formula is C9H11Cl. The molecule has 0 unspecified atom stereocenters. The summed E-state index contributed by atoms with van der Waals surface area (Å²) in [6, 6.07) is 0. The van der Waals surface area contributed by atoms with Gasteiger partial charge in [0.05, 0.1) is 0 Å². The van der Waals surface area contributed by atoms with Crippen molar-refractivity contribution in [1.29, 1.82) is 0 Å². The molecule has 0 heterocycles. The Balaban J connectivity index is 2.94. The lowest BCUT2D eigenvalue weighted by Crippen LogP contribution is -1.88. The van der Waals surface area contributed by atoms with Gasteiger partial charge in [-0.05, 0) is 31.9 Å². The van der Waals surface area contributed by atoms with Gasteiger partial charge in [-0.1, -0.05) is 29.3 Å². The van der Waals surface area contributed by atoms with Gasteiger partial charge in [0.2, 0.25) is 0 Å². The molecule has 0 amide bonds. The van der Waals surface area contributed by atoms with Gasteiger partial charge in [-0.15, -0.1) is 0 Å². The molecule has 0 saturated carbocycles. The maximum absolute atomic E-state index is 5.93. The molecule has 0 spiro atoms. The minimum atomic E-state index is 0.891. The summed E-state index contributed by atoms with van der Waals surface area (Å²) in [5.74, 6) is 0. The maximum atomic E-state index is 5.93. The van der Waals surface area contributed by atoms with Crippen molar-refractivity contribution in [1.82, 2.24) is 0 Å². The predicted octanol–water partition coefficient (Wildman–Crippen LogP) is 3.41. The number of halogens is 1. The van der Waals surface area contributed by atoms with Gasteiger partial charge in [0.15, 0.2) is 0 Å². The highest BCUT2D eigenvalue weighted by Crippen LogP contribution is 2.25. The topological polar surface area (TPSA) is 0 Å². The Bertz CT molecular complexity index is 215. The fourth-order valence-corrected chi connectivity index (χ4v) is 1.32. The quantitative estimate of drug-likeness (QED) is 0.502. The summed E-state index contributed by atoms with van der Waals surface area (Å²) in [6.07, 6.45) is 7.04. The fourth-order valence-electron chi connectivity index (χ4n) is 0.979. The van der Waals surface area contributed by atoms with E-state index in [4.69, 9.17) is 11.6 Å². The first-order valence-corrected chi connectivity index (χ1v) is 3.78. The molecule has 0 bridgehead atoms. The Labute approximate surface area is 66.9 Å². The SMILES string of the molecule is CC(C)=C1CC=CC=C1Cl. The van der Waals surface area contributed by atoms with Gasteiger partial charge >= 0.3 is 0 Å². The molecule has 0 fully saturated rings. The molecule has 0 saturated heterocycles. The van der Waals surface area contributed by atoms with E-state index in [1.54, 1.807) is 0 Å². The van der Waals surface area contributed by atoms with Crippen molar-refractivity contribution in [2.45, 2.75) is 20.3 Å². The van der Waals surface area contributed by atoms with Crippen molar-refractivity contribution in [3.8, 4) is 0 Å². The van der Waals surface area contributed by atoms with Crippen LogP contribution in [-0.4, -0.2) is 0 Å². The van der Waals surface area contributed by atoms with Crippen LogP contribution in [0, 0.1) is 0 Å². The molecule has 0 aromatic heterocycles. The van der Waals surface area contributed by atoms with E-state index in [0.717, 1.165) is 11.5 Å². The number of rotatable bonds is 0. The second kappa shape index (κ2) is 3.07. The molecule has 0 nitrogen and oxygen atoms in total. The Morgan fingerprint density at radius 1 is 1.50 bits per heavy atom. The van der Waals surface area contributed by atoms with Crippen LogP contribution in [0.3, 0.4) is 0 Å². The Kier molecular flexibility index (Phi) is 2.34. The summed E-state index contributed by atoms with van der Waals surface area (Å²) in [4.78, 5) is 0. The molecule has 1 aliphatic rings. The molecule has 1 heteroatoms. The summed E-state index contributed by atoms with van der Waals surface area (Å²) in [5, 5.41) is 0.891. The van der Waals surface area contributed by atoms with Gasteiger partial charge < -0.3 is 0 Å². The minimum Gasteiger partial charge on any atom is -0.0840 e. The number of hydrogen-bond donors (Lipinski definition) is 0. The van der Waals surface area contributed by atoms with Crippen molar-refractivity contribution < 1.29 is 0 Å². The van der Waals surface area contributed by atoms with Crippen molar-refractivity contribution in [3.05, 3.63) is 34.4 Å². The molecule has 0 aliphatic heterocycles. The average Bonchev–Trinajstić information content (AvgIpc) is 1.88. The average molecular weight is 155 g/mol. The molecule has 0 aromatic carbocycles. The summed E-state index contributed by atoms with van der Waals surface area (Å²) in [5.41, 5.74) is 2.58. The third-order valence-corrected chi connectivity index (χ3v) is 1.95. The van der Waals surface area contributed by atoms with Crippen LogP contribution < -0.4 is 0 Å². The Morgan fingerprint density at radius 3 is 2.60 bits per heavy atom. The van der Waals surface area contributed by atoms with Crippen LogP contribution in [0.1, 0.15) is 20.3 Å². The molecule has 0 aromatic rings. The van der Waals surface area contributed by atoms with E-state index in [9.17, 15) is 0 Å². The third-order valence-electron chi connectivity index (χ3n) is 1.59. The Morgan fingerprint density at radius 2 is 2.20 bits per heavy atom. The normalized spacial score (nSPS) is 17.1. The highest BCUT2D eigenvalue weighted by atomic mass is 35.5. The van der Waals surface area contributed by atoms with Gasteiger partial charge in [-0.2, -0.15) is 0 Å². The lowest BCUT2D eigenvalue weighted by atomic mass is 10.0. The first kappa shape index (κ1) is 7.62. The van der Waals surface area contributed by atoms with Crippen LogP contribution in [0.5, 0.6) is 0 Å². The largest absolute Gasteiger partial charge is 0.0840 e. The lowest BCUT2D eigenvalue weighted by Gasteiger charge is -2.08. The van der Waals surface area contributed by atoms with Crippen LogP contribution in [0.25, 0.3) is 0 Å². The highest BCUT2D eigenvalue weighted by molar-refractivity contribution is 6.32. The highest BCUT2D eigenvalue weighted by Gasteiger charge is 2.04. The van der Waals surface area contributed by atoms with Gasteiger partial charge in [0, 0.05) is 5.03 Å². The molecule has 1 rings (SSSR count). The fraction of sp³-hybridized carbons (Fsp3) is 0.333. The summed E-state index contributed by atoms with van der Waals surface area (Å²) < 4.78 is 0. The zero-order valence-electron chi connectivity index (χ0n) is 6.32. The zero-order chi connectivity index (χ0) is 7.56. The van der Waals surface area contributed by atoms with Crippen LogP contribution in [0.2, 0.25) is 0 Å². The van der Waals surface area contributed by atoms with E-state index < -0.39 is 0 Å². The molecule has 0 radical (unpaired) electrons. The van der Waals surface area contributed by atoms with Gasteiger partial charge in [0.25, 0.3) is 0 Å². The predicted molar refractivity (Wildman–Crippen MR) is 46.1 cm³/mol. The van der Waals surface area contributed by atoms with Crippen molar-refractivity contribution in [2.75, 3.05) is 0 Å². The summed E-state index contributed by atoms with van der Waals surface area (Å²) in [6.45, 7) is 4.18. The van der Waals surface area contributed by atoms with Crippen LogP contribution in [0.15, 0.2) is 34.4 Å². The molecule has 0 N–H and O–H groups in total. The third kappa shape index (κ3) is 1.51. The summed E-state index contributed by atoms with van der Waals surface area (Å²) >= 11 is 5.93. The van der Waals surface area contributed by atoms with E-state index in [1.165, 1.54) is 11.1 Å². The number of hydrogen-bond acceptors (Lipinski definition) is 0. The zero-order valence-corrected chi connectivity index (χ0v) is 7.07. The molecule has 10 heavy (non-hydrogen) atoms. The Hall–Kier alpha value is -0.490. The van der Waals surface area contributed by atoms with Gasteiger partial charge in [0.1, 0.15) is 0 Å². The monoisotopic (exact) mass is 154 g/mol. The van der Waals surface area contributed by atoms with Crippen LogP contribution in [0.4, 0.5) is 0 Å². The second-order valence-electron chi connectivity index (χ2n) is 2.63. The first-order chi connectivity index (χ1) is 4.72. The van der Waals surface area contributed by atoms with Crippen molar-refractivity contribution in [3.63, 3.8) is 0 Å². The molecule has 0 atom stereocenters. The smallest absolute Gasteiger partial charge is 0.0440 e.